The summed E-state index contributed by atoms with van der Waals surface area (Å²) in [6, 6.07) is 8.07. The zero-order valence-electron chi connectivity index (χ0n) is 12.6. The smallest absolute Gasteiger partial charge is 0.123 e. The van der Waals surface area contributed by atoms with Gasteiger partial charge in [0.15, 0.2) is 0 Å². The lowest BCUT2D eigenvalue weighted by molar-refractivity contribution is 0.0317. The Bertz CT molecular complexity index is 391. The molecule has 4 heteroatoms. The third-order valence-electron chi connectivity index (χ3n) is 3.05. The lowest BCUT2D eigenvalue weighted by atomic mass is 10.0. The molecule has 4 nitrogen and oxygen atoms in total. The number of hydrogen-bond donors (Lipinski definition) is 2. The standard InChI is InChI=1S/C15H26N2O2/c1-12(13-8-6-7-9-14(13)19-5)16-10-15(2,18)11-17(3)4/h6-9,12,16,18H,10-11H2,1-5H3. The van der Waals surface area contributed by atoms with E-state index in [2.05, 4.69) is 12.2 Å². The van der Waals surface area contributed by atoms with Gasteiger partial charge in [-0.2, -0.15) is 0 Å². The van der Waals surface area contributed by atoms with Crippen LogP contribution >= 0.6 is 0 Å². The Balaban J connectivity index is 2.62. The van der Waals surface area contributed by atoms with Gasteiger partial charge in [-0.15, -0.1) is 0 Å². The van der Waals surface area contributed by atoms with Gasteiger partial charge in [-0.05, 0) is 34.0 Å². The van der Waals surface area contributed by atoms with E-state index >= 15 is 0 Å². The summed E-state index contributed by atoms with van der Waals surface area (Å²) in [5.41, 5.74) is 0.352. The number of rotatable bonds is 7. The fraction of sp³-hybridized carbons (Fsp3) is 0.600. The average molecular weight is 266 g/mol. The van der Waals surface area contributed by atoms with Crippen molar-refractivity contribution in [1.82, 2.24) is 10.2 Å². The van der Waals surface area contributed by atoms with Crippen LogP contribution in [0.25, 0.3) is 0 Å². The third kappa shape index (κ3) is 5.19. The van der Waals surface area contributed by atoms with E-state index < -0.39 is 5.60 Å². The number of benzene rings is 1. The molecule has 2 atom stereocenters. The highest BCUT2D eigenvalue weighted by molar-refractivity contribution is 5.35. The van der Waals surface area contributed by atoms with Gasteiger partial charge in [0.2, 0.25) is 0 Å². The second kappa shape index (κ2) is 6.89. The van der Waals surface area contributed by atoms with E-state index in [4.69, 9.17) is 4.74 Å². The zero-order chi connectivity index (χ0) is 14.5. The molecule has 1 aromatic carbocycles. The minimum atomic E-state index is -0.750. The Kier molecular flexibility index (Phi) is 5.79. The fourth-order valence-corrected chi connectivity index (χ4v) is 2.24. The van der Waals surface area contributed by atoms with E-state index in [0.717, 1.165) is 11.3 Å². The van der Waals surface area contributed by atoms with Crippen molar-refractivity contribution in [2.24, 2.45) is 0 Å². The molecule has 1 rings (SSSR count). The number of nitrogens with one attached hydrogen (secondary N) is 1. The monoisotopic (exact) mass is 266 g/mol. The van der Waals surface area contributed by atoms with Crippen LogP contribution in [0.5, 0.6) is 5.75 Å². The van der Waals surface area contributed by atoms with Gasteiger partial charge in [0.05, 0.1) is 12.7 Å². The van der Waals surface area contributed by atoms with E-state index in [-0.39, 0.29) is 6.04 Å². The molecule has 0 heterocycles. The molecule has 0 radical (unpaired) electrons. The molecule has 19 heavy (non-hydrogen) atoms. The van der Waals surface area contributed by atoms with Gasteiger partial charge in [0.1, 0.15) is 5.75 Å². The number of nitrogens with zero attached hydrogens (tertiary/aromatic N) is 1. The molecule has 0 spiro atoms. The molecule has 0 aliphatic heterocycles. The van der Waals surface area contributed by atoms with Gasteiger partial charge in [0, 0.05) is 24.7 Å². The number of methoxy groups -OCH3 is 1. The second-order valence-electron chi connectivity index (χ2n) is 5.58. The molecule has 2 unspecified atom stereocenters. The van der Waals surface area contributed by atoms with Gasteiger partial charge in [-0.25, -0.2) is 0 Å². The van der Waals surface area contributed by atoms with E-state index in [9.17, 15) is 5.11 Å². The average Bonchev–Trinajstić information content (AvgIpc) is 2.34. The molecule has 0 bridgehead atoms. The first-order chi connectivity index (χ1) is 8.85. The maximum Gasteiger partial charge on any atom is 0.123 e. The molecular weight excluding hydrogens is 240 g/mol. The van der Waals surface area contributed by atoms with Crippen molar-refractivity contribution >= 4 is 0 Å². The van der Waals surface area contributed by atoms with Crippen LogP contribution in [-0.4, -0.2) is 49.9 Å². The van der Waals surface area contributed by atoms with Crippen LogP contribution in [0.2, 0.25) is 0 Å². The van der Waals surface area contributed by atoms with Crippen molar-refractivity contribution in [3.63, 3.8) is 0 Å². The van der Waals surface area contributed by atoms with Gasteiger partial charge >= 0.3 is 0 Å². The highest BCUT2D eigenvalue weighted by Crippen LogP contribution is 2.24. The van der Waals surface area contributed by atoms with Crippen LogP contribution in [0.4, 0.5) is 0 Å². The van der Waals surface area contributed by atoms with Crippen molar-refractivity contribution in [2.75, 3.05) is 34.3 Å². The summed E-state index contributed by atoms with van der Waals surface area (Å²) in [4.78, 5) is 1.98. The van der Waals surface area contributed by atoms with Crippen LogP contribution in [-0.2, 0) is 0 Å². The zero-order valence-corrected chi connectivity index (χ0v) is 12.6. The predicted octanol–water partition coefficient (Wildman–Crippen LogP) is 1.66. The van der Waals surface area contributed by atoms with E-state index in [1.807, 2.05) is 50.2 Å². The summed E-state index contributed by atoms with van der Waals surface area (Å²) in [5, 5.41) is 13.6. The number of likely N-dealkylation sites (N-methyl/N-ethyl adjacent to an activating group) is 1. The van der Waals surface area contributed by atoms with Crippen molar-refractivity contribution in [2.45, 2.75) is 25.5 Å². The molecule has 0 aliphatic rings. The molecule has 0 saturated heterocycles. The molecule has 1 aromatic rings. The number of aliphatic hydroxyl groups is 1. The molecule has 0 aliphatic carbocycles. The maximum atomic E-state index is 10.3. The van der Waals surface area contributed by atoms with Crippen LogP contribution in [0.3, 0.4) is 0 Å². The number of ether oxygens (including phenoxy) is 1. The molecule has 0 amide bonds. The topological polar surface area (TPSA) is 44.7 Å². The minimum Gasteiger partial charge on any atom is -0.496 e. The SMILES string of the molecule is COc1ccccc1C(C)NCC(C)(O)CN(C)C. The summed E-state index contributed by atoms with van der Waals surface area (Å²) in [5.74, 6) is 0.870. The lowest BCUT2D eigenvalue weighted by Gasteiger charge is -2.29. The molecule has 2 N–H and O–H groups in total. The largest absolute Gasteiger partial charge is 0.496 e. The van der Waals surface area contributed by atoms with Crippen molar-refractivity contribution in [3.8, 4) is 5.75 Å². The summed E-state index contributed by atoms with van der Waals surface area (Å²) in [7, 11) is 5.59. The summed E-state index contributed by atoms with van der Waals surface area (Å²) in [6.45, 7) is 5.07. The third-order valence-corrected chi connectivity index (χ3v) is 3.05. The van der Waals surface area contributed by atoms with Crippen LogP contribution in [0.1, 0.15) is 25.5 Å². The van der Waals surface area contributed by atoms with Crippen LogP contribution < -0.4 is 10.1 Å². The lowest BCUT2D eigenvalue weighted by Crippen LogP contribution is -2.46. The van der Waals surface area contributed by atoms with Gasteiger partial charge in [-0.1, -0.05) is 18.2 Å². The highest BCUT2D eigenvalue weighted by atomic mass is 16.5. The van der Waals surface area contributed by atoms with Crippen molar-refractivity contribution < 1.29 is 9.84 Å². The number of hydrogen-bond acceptors (Lipinski definition) is 4. The van der Waals surface area contributed by atoms with E-state index in [1.54, 1.807) is 7.11 Å². The first kappa shape index (κ1) is 16.0. The Hall–Kier alpha value is -1.10. The van der Waals surface area contributed by atoms with Crippen molar-refractivity contribution in [3.05, 3.63) is 29.8 Å². The van der Waals surface area contributed by atoms with E-state index in [1.165, 1.54) is 0 Å². The van der Waals surface area contributed by atoms with Gasteiger partial charge in [0.25, 0.3) is 0 Å². The van der Waals surface area contributed by atoms with Crippen LogP contribution in [0, 0.1) is 0 Å². The summed E-state index contributed by atoms with van der Waals surface area (Å²) >= 11 is 0. The molecule has 0 saturated carbocycles. The maximum absolute atomic E-state index is 10.3. The van der Waals surface area contributed by atoms with Crippen molar-refractivity contribution in [1.29, 1.82) is 0 Å². The Morgan fingerprint density at radius 3 is 2.58 bits per heavy atom. The summed E-state index contributed by atoms with van der Waals surface area (Å²) < 4.78 is 5.35. The first-order valence-electron chi connectivity index (χ1n) is 6.59. The fourth-order valence-electron chi connectivity index (χ4n) is 2.24. The quantitative estimate of drug-likeness (QED) is 0.788. The van der Waals surface area contributed by atoms with Gasteiger partial charge < -0.3 is 20.1 Å². The molecule has 108 valence electrons. The van der Waals surface area contributed by atoms with Crippen LogP contribution in [0.15, 0.2) is 24.3 Å². The Morgan fingerprint density at radius 1 is 1.37 bits per heavy atom. The Morgan fingerprint density at radius 2 is 2.00 bits per heavy atom. The predicted molar refractivity (Wildman–Crippen MR) is 78.6 cm³/mol. The molecule has 0 fully saturated rings. The summed E-state index contributed by atoms with van der Waals surface area (Å²) in [6.07, 6.45) is 0. The highest BCUT2D eigenvalue weighted by Gasteiger charge is 2.22. The first-order valence-corrected chi connectivity index (χ1v) is 6.59. The minimum absolute atomic E-state index is 0.129. The Labute approximate surface area is 116 Å². The second-order valence-corrected chi connectivity index (χ2v) is 5.58. The van der Waals surface area contributed by atoms with E-state index in [0.29, 0.717) is 13.1 Å². The normalized spacial score (nSPS) is 16.2. The molecular formula is C15H26N2O2. The van der Waals surface area contributed by atoms with Gasteiger partial charge in [-0.3, -0.25) is 0 Å². The molecule has 0 aromatic heterocycles. The number of para-hydroxylation sites is 1.